The summed E-state index contributed by atoms with van der Waals surface area (Å²) in [6.45, 7) is 7.94. The lowest BCUT2D eigenvalue weighted by atomic mass is 10.2. The number of aromatic nitrogens is 2. The van der Waals surface area contributed by atoms with Gasteiger partial charge in [0.1, 0.15) is 0 Å². The van der Waals surface area contributed by atoms with Crippen molar-refractivity contribution in [3.8, 4) is 0 Å². The predicted molar refractivity (Wildman–Crippen MR) is 67.3 cm³/mol. The van der Waals surface area contributed by atoms with Crippen LogP contribution in [0.25, 0.3) is 0 Å². The number of nitrogens with one attached hydrogen (secondary N) is 1. The molecule has 1 aromatic heterocycles. The van der Waals surface area contributed by atoms with Crippen molar-refractivity contribution in [3.05, 3.63) is 18.0 Å². The molecule has 1 rings (SSSR count). The predicted octanol–water partition coefficient (Wildman–Crippen LogP) is 1.92. The Morgan fingerprint density at radius 2 is 2.19 bits per heavy atom. The van der Waals surface area contributed by atoms with E-state index in [1.807, 2.05) is 40.1 Å². The third-order valence-corrected chi connectivity index (χ3v) is 3.92. The summed E-state index contributed by atoms with van der Waals surface area (Å²) < 4.78 is 16.6. The Labute approximate surface area is 100 Å². The van der Waals surface area contributed by atoms with Crippen LogP contribution in [0, 0.1) is 0 Å². The molecule has 1 heterocycles. The van der Waals surface area contributed by atoms with Gasteiger partial charge in [0.2, 0.25) is 0 Å². The lowest BCUT2D eigenvalue weighted by Crippen LogP contribution is -2.35. The second-order valence-corrected chi connectivity index (χ2v) is 6.87. The molecule has 0 aliphatic carbocycles. The van der Waals surface area contributed by atoms with Gasteiger partial charge in [0.15, 0.2) is 0 Å². The van der Waals surface area contributed by atoms with Crippen molar-refractivity contribution in [2.75, 3.05) is 0 Å². The van der Waals surface area contributed by atoms with Crippen LogP contribution in [0.3, 0.4) is 0 Å². The Bertz CT molecular complexity index is 368. The normalized spacial score (nSPS) is 16.1. The summed E-state index contributed by atoms with van der Waals surface area (Å²) in [5.41, 5.74) is 0.947. The largest absolute Gasteiger partial charge is 0.275 e. The van der Waals surface area contributed by atoms with Gasteiger partial charge in [0.25, 0.3) is 0 Å². The van der Waals surface area contributed by atoms with Crippen LogP contribution in [0.4, 0.5) is 0 Å². The highest BCUT2D eigenvalue weighted by atomic mass is 32.2. The molecule has 16 heavy (non-hydrogen) atoms. The Kier molecular flexibility index (Phi) is 4.27. The maximum Gasteiger partial charge on any atom is 0.0976 e. The molecule has 1 N–H and O–H groups in total. The standard InChI is InChI=1S/C11H21N3OS/c1-6-9(10-7-8-14(5)12-10)13-16(15)11(2,3)4/h7-9,13H,6H2,1-5H3. The summed E-state index contributed by atoms with van der Waals surface area (Å²) in [5.74, 6) is 0. The second kappa shape index (κ2) is 5.10. The highest BCUT2D eigenvalue weighted by Gasteiger charge is 2.23. The average molecular weight is 243 g/mol. The van der Waals surface area contributed by atoms with Crippen LogP contribution in [0.15, 0.2) is 12.3 Å². The Morgan fingerprint density at radius 3 is 2.56 bits per heavy atom. The van der Waals surface area contributed by atoms with Gasteiger partial charge in [-0.15, -0.1) is 0 Å². The maximum absolute atomic E-state index is 12.0. The van der Waals surface area contributed by atoms with E-state index in [-0.39, 0.29) is 10.8 Å². The SMILES string of the molecule is CCC(NS(=O)C(C)(C)C)c1ccn(C)n1. The molecule has 0 aliphatic rings. The number of hydrogen-bond acceptors (Lipinski definition) is 2. The van der Waals surface area contributed by atoms with Crippen LogP contribution in [0.5, 0.6) is 0 Å². The van der Waals surface area contributed by atoms with Gasteiger partial charge in [0, 0.05) is 13.2 Å². The smallest absolute Gasteiger partial charge is 0.0976 e. The van der Waals surface area contributed by atoms with Gasteiger partial charge < -0.3 is 0 Å². The van der Waals surface area contributed by atoms with Gasteiger partial charge in [-0.25, -0.2) is 8.93 Å². The highest BCUT2D eigenvalue weighted by Crippen LogP contribution is 2.18. The minimum atomic E-state index is -1.06. The fourth-order valence-corrected chi connectivity index (χ4v) is 2.18. The van der Waals surface area contributed by atoms with E-state index in [9.17, 15) is 4.21 Å². The van der Waals surface area contributed by atoms with E-state index in [2.05, 4.69) is 16.7 Å². The fraction of sp³-hybridized carbons (Fsp3) is 0.727. The van der Waals surface area contributed by atoms with Gasteiger partial charge in [-0.2, -0.15) is 5.10 Å². The van der Waals surface area contributed by atoms with Crippen molar-refractivity contribution >= 4 is 11.0 Å². The lowest BCUT2D eigenvalue weighted by Gasteiger charge is -2.22. The molecule has 1 aromatic rings. The molecule has 0 spiro atoms. The number of hydrogen-bond donors (Lipinski definition) is 1. The molecule has 4 nitrogen and oxygen atoms in total. The van der Waals surface area contributed by atoms with E-state index in [1.165, 1.54) is 0 Å². The van der Waals surface area contributed by atoms with E-state index in [1.54, 1.807) is 4.68 Å². The third kappa shape index (κ3) is 3.42. The number of aryl methyl sites for hydroxylation is 1. The average Bonchev–Trinajstić information content (AvgIpc) is 2.59. The summed E-state index contributed by atoms with van der Waals surface area (Å²) in [6.07, 6.45) is 2.78. The van der Waals surface area contributed by atoms with E-state index in [4.69, 9.17) is 0 Å². The molecular weight excluding hydrogens is 222 g/mol. The summed E-state index contributed by atoms with van der Waals surface area (Å²) in [5, 5.41) is 4.34. The Hall–Kier alpha value is -0.680. The van der Waals surface area contributed by atoms with E-state index in [0.29, 0.717) is 0 Å². The van der Waals surface area contributed by atoms with Gasteiger partial charge in [-0.05, 0) is 33.3 Å². The van der Waals surface area contributed by atoms with Crippen LogP contribution in [0.1, 0.15) is 45.9 Å². The van der Waals surface area contributed by atoms with E-state index >= 15 is 0 Å². The molecule has 0 saturated carbocycles. The molecule has 5 heteroatoms. The van der Waals surface area contributed by atoms with Crippen molar-refractivity contribution in [1.29, 1.82) is 0 Å². The van der Waals surface area contributed by atoms with Gasteiger partial charge in [-0.1, -0.05) is 6.92 Å². The molecule has 92 valence electrons. The van der Waals surface area contributed by atoms with Crippen LogP contribution in [-0.4, -0.2) is 18.7 Å². The highest BCUT2D eigenvalue weighted by molar-refractivity contribution is 7.84. The minimum absolute atomic E-state index is 0.0567. The first-order valence-corrected chi connectivity index (χ1v) is 6.67. The first-order valence-electron chi connectivity index (χ1n) is 5.52. The molecule has 0 aliphatic heterocycles. The molecule has 0 amide bonds. The molecule has 0 fully saturated rings. The number of rotatable bonds is 4. The van der Waals surface area contributed by atoms with Crippen LogP contribution < -0.4 is 4.72 Å². The van der Waals surface area contributed by atoms with Crippen molar-refractivity contribution in [2.45, 2.75) is 44.9 Å². The van der Waals surface area contributed by atoms with Crippen molar-refractivity contribution in [3.63, 3.8) is 0 Å². The third-order valence-electron chi connectivity index (χ3n) is 2.30. The van der Waals surface area contributed by atoms with Crippen molar-refractivity contribution < 1.29 is 4.21 Å². The quantitative estimate of drug-likeness (QED) is 0.878. The van der Waals surface area contributed by atoms with Gasteiger partial charge >= 0.3 is 0 Å². The number of nitrogens with zero attached hydrogens (tertiary/aromatic N) is 2. The van der Waals surface area contributed by atoms with E-state index < -0.39 is 11.0 Å². The topological polar surface area (TPSA) is 46.9 Å². The zero-order valence-corrected chi connectivity index (χ0v) is 11.5. The Morgan fingerprint density at radius 1 is 1.56 bits per heavy atom. The van der Waals surface area contributed by atoms with E-state index in [0.717, 1.165) is 12.1 Å². The monoisotopic (exact) mass is 243 g/mol. The molecule has 2 atom stereocenters. The maximum atomic E-state index is 12.0. The molecular formula is C11H21N3OS. The minimum Gasteiger partial charge on any atom is -0.275 e. The molecule has 0 bridgehead atoms. The van der Waals surface area contributed by atoms with Crippen LogP contribution >= 0.6 is 0 Å². The second-order valence-electron chi connectivity index (χ2n) is 4.87. The van der Waals surface area contributed by atoms with Crippen molar-refractivity contribution in [2.24, 2.45) is 7.05 Å². The zero-order chi connectivity index (χ0) is 12.3. The molecule has 0 aromatic carbocycles. The summed E-state index contributed by atoms with van der Waals surface area (Å²) in [6, 6.07) is 2.02. The van der Waals surface area contributed by atoms with Crippen molar-refractivity contribution in [1.82, 2.24) is 14.5 Å². The first-order chi connectivity index (χ1) is 7.34. The van der Waals surface area contributed by atoms with Crippen LogP contribution in [-0.2, 0) is 18.0 Å². The summed E-state index contributed by atoms with van der Waals surface area (Å²) >= 11 is 0. The summed E-state index contributed by atoms with van der Waals surface area (Å²) in [4.78, 5) is 0. The molecule has 0 saturated heterocycles. The Balaban J connectivity index is 2.74. The fourth-order valence-electron chi connectivity index (χ4n) is 1.28. The first kappa shape index (κ1) is 13.4. The molecule has 0 radical (unpaired) electrons. The zero-order valence-electron chi connectivity index (χ0n) is 10.7. The lowest BCUT2D eigenvalue weighted by molar-refractivity contribution is 0.571. The van der Waals surface area contributed by atoms with Gasteiger partial charge in [-0.3, -0.25) is 4.68 Å². The summed E-state index contributed by atoms with van der Waals surface area (Å²) in [7, 11) is 0.828. The van der Waals surface area contributed by atoms with Crippen LogP contribution in [0.2, 0.25) is 0 Å². The molecule has 2 unspecified atom stereocenters. The van der Waals surface area contributed by atoms with Gasteiger partial charge in [0.05, 0.1) is 27.5 Å².